The fourth-order valence-corrected chi connectivity index (χ4v) is 3.38. The maximum atomic E-state index is 12.1. The first kappa shape index (κ1) is 19.8. The summed E-state index contributed by atoms with van der Waals surface area (Å²) < 4.78 is 5.80. The molecule has 1 aromatic carbocycles. The third-order valence-electron chi connectivity index (χ3n) is 5.43. The van der Waals surface area contributed by atoms with Crippen LogP contribution in [0.15, 0.2) is 24.3 Å². The molecular weight excluding hydrogens is 342 g/mol. The third-order valence-corrected chi connectivity index (χ3v) is 5.43. The summed E-state index contributed by atoms with van der Waals surface area (Å²) in [4.78, 5) is 28.4. The Hall–Kier alpha value is -1.92. The van der Waals surface area contributed by atoms with Gasteiger partial charge in [-0.05, 0) is 43.5 Å². The smallest absolute Gasteiger partial charge is 0.226 e. The van der Waals surface area contributed by atoms with Crippen LogP contribution >= 0.6 is 0 Å². The Labute approximate surface area is 161 Å². The Morgan fingerprint density at radius 1 is 1.15 bits per heavy atom. The molecule has 1 atom stereocenters. The van der Waals surface area contributed by atoms with Crippen LogP contribution in [0.3, 0.4) is 0 Å². The van der Waals surface area contributed by atoms with Gasteiger partial charge in [0.1, 0.15) is 5.75 Å². The first-order valence-electron chi connectivity index (χ1n) is 10.1. The van der Waals surface area contributed by atoms with Gasteiger partial charge < -0.3 is 15.4 Å². The SMILES string of the molecule is C[C@H](CN)C(=O)N1CCN(CCCOc2ccc(C(=O)C3CC3)cc2)CC1. The van der Waals surface area contributed by atoms with Gasteiger partial charge in [0.15, 0.2) is 5.78 Å². The number of hydrogen-bond donors (Lipinski definition) is 1. The Kier molecular flexibility index (Phi) is 6.85. The number of carbonyl (C=O) groups excluding carboxylic acids is 2. The van der Waals surface area contributed by atoms with E-state index in [-0.39, 0.29) is 23.5 Å². The second-order valence-corrected chi connectivity index (χ2v) is 7.67. The van der Waals surface area contributed by atoms with E-state index in [4.69, 9.17) is 10.5 Å². The lowest BCUT2D eigenvalue weighted by Gasteiger charge is -2.35. The highest BCUT2D eigenvalue weighted by Gasteiger charge is 2.30. The number of hydrogen-bond acceptors (Lipinski definition) is 5. The maximum Gasteiger partial charge on any atom is 0.226 e. The van der Waals surface area contributed by atoms with Crippen molar-refractivity contribution >= 4 is 11.7 Å². The lowest BCUT2D eigenvalue weighted by atomic mass is 10.1. The van der Waals surface area contributed by atoms with Crippen molar-refractivity contribution in [2.75, 3.05) is 45.9 Å². The molecule has 2 aliphatic rings. The van der Waals surface area contributed by atoms with Crippen molar-refractivity contribution in [3.63, 3.8) is 0 Å². The van der Waals surface area contributed by atoms with Gasteiger partial charge in [-0.2, -0.15) is 0 Å². The number of amides is 1. The zero-order valence-electron chi connectivity index (χ0n) is 16.2. The van der Waals surface area contributed by atoms with Crippen molar-refractivity contribution in [1.82, 2.24) is 9.80 Å². The molecule has 2 N–H and O–H groups in total. The number of benzene rings is 1. The molecule has 0 aromatic heterocycles. The minimum absolute atomic E-state index is 0.0871. The number of nitrogens with zero attached hydrogens (tertiary/aromatic N) is 2. The zero-order chi connectivity index (χ0) is 19.2. The molecular formula is C21H31N3O3. The average Bonchev–Trinajstić information content (AvgIpc) is 3.56. The second kappa shape index (κ2) is 9.33. The molecule has 1 saturated heterocycles. The molecule has 1 aliphatic carbocycles. The van der Waals surface area contributed by atoms with Gasteiger partial charge in [-0.15, -0.1) is 0 Å². The van der Waals surface area contributed by atoms with Gasteiger partial charge >= 0.3 is 0 Å². The summed E-state index contributed by atoms with van der Waals surface area (Å²) in [6.07, 6.45) is 3.01. The third kappa shape index (κ3) is 5.53. The van der Waals surface area contributed by atoms with Crippen LogP contribution in [0.1, 0.15) is 36.5 Å². The van der Waals surface area contributed by atoms with E-state index < -0.39 is 0 Å². The van der Waals surface area contributed by atoms with Gasteiger partial charge in [0, 0.05) is 56.7 Å². The van der Waals surface area contributed by atoms with Crippen LogP contribution < -0.4 is 10.5 Å². The molecule has 1 heterocycles. The predicted octanol–water partition coefficient (Wildman–Crippen LogP) is 1.79. The fourth-order valence-electron chi connectivity index (χ4n) is 3.38. The predicted molar refractivity (Wildman–Crippen MR) is 105 cm³/mol. The topological polar surface area (TPSA) is 75.9 Å². The second-order valence-electron chi connectivity index (χ2n) is 7.67. The van der Waals surface area contributed by atoms with E-state index in [1.807, 2.05) is 36.1 Å². The molecule has 6 heteroatoms. The minimum atomic E-state index is -0.0871. The van der Waals surface area contributed by atoms with Crippen LogP contribution in [0.4, 0.5) is 0 Å². The molecule has 1 saturated carbocycles. The van der Waals surface area contributed by atoms with Crippen LogP contribution in [0.2, 0.25) is 0 Å². The summed E-state index contributed by atoms with van der Waals surface area (Å²) in [5, 5.41) is 0. The van der Waals surface area contributed by atoms with E-state index >= 15 is 0 Å². The van der Waals surface area contributed by atoms with Crippen molar-refractivity contribution in [2.45, 2.75) is 26.2 Å². The summed E-state index contributed by atoms with van der Waals surface area (Å²) in [5.74, 6) is 1.42. The van der Waals surface area contributed by atoms with Crippen LogP contribution in [0.5, 0.6) is 5.75 Å². The van der Waals surface area contributed by atoms with Crippen molar-refractivity contribution in [3.05, 3.63) is 29.8 Å². The molecule has 148 valence electrons. The molecule has 0 unspecified atom stereocenters. The van der Waals surface area contributed by atoms with E-state index in [0.717, 1.165) is 63.3 Å². The fraction of sp³-hybridized carbons (Fsp3) is 0.619. The number of nitrogens with two attached hydrogens (primary N) is 1. The summed E-state index contributed by atoms with van der Waals surface area (Å²) in [6, 6.07) is 7.51. The Morgan fingerprint density at radius 3 is 2.41 bits per heavy atom. The van der Waals surface area contributed by atoms with E-state index in [1.165, 1.54) is 0 Å². The van der Waals surface area contributed by atoms with E-state index in [9.17, 15) is 9.59 Å². The Bertz CT molecular complexity index is 635. The molecule has 1 aliphatic heterocycles. The van der Waals surface area contributed by atoms with Gasteiger partial charge in [-0.25, -0.2) is 0 Å². The molecule has 0 radical (unpaired) electrons. The quantitative estimate of drug-likeness (QED) is 0.528. The van der Waals surface area contributed by atoms with Crippen LogP contribution in [-0.2, 0) is 4.79 Å². The summed E-state index contributed by atoms with van der Waals surface area (Å²) in [7, 11) is 0. The molecule has 3 rings (SSSR count). The lowest BCUT2D eigenvalue weighted by Crippen LogP contribution is -2.51. The van der Waals surface area contributed by atoms with E-state index in [1.54, 1.807) is 0 Å². The molecule has 6 nitrogen and oxygen atoms in total. The molecule has 0 bridgehead atoms. The van der Waals surface area contributed by atoms with Crippen molar-refractivity contribution in [2.24, 2.45) is 17.6 Å². The first-order valence-corrected chi connectivity index (χ1v) is 10.1. The number of rotatable bonds is 9. The highest BCUT2D eigenvalue weighted by Crippen LogP contribution is 2.32. The van der Waals surface area contributed by atoms with Crippen molar-refractivity contribution in [3.8, 4) is 5.75 Å². The first-order chi connectivity index (χ1) is 13.1. The monoisotopic (exact) mass is 373 g/mol. The van der Waals surface area contributed by atoms with Crippen molar-refractivity contribution < 1.29 is 14.3 Å². The highest BCUT2D eigenvalue weighted by molar-refractivity contribution is 5.99. The maximum absolute atomic E-state index is 12.1. The van der Waals surface area contributed by atoms with Crippen molar-refractivity contribution in [1.29, 1.82) is 0 Å². The van der Waals surface area contributed by atoms with E-state index in [2.05, 4.69) is 4.90 Å². The van der Waals surface area contributed by atoms with Gasteiger partial charge in [0.25, 0.3) is 0 Å². The highest BCUT2D eigenvalue weighted by atomic mass is 16.5. The molecule has 2 fully saturated rings. The minimum Gasteiger partial charge on any atom is -0.494 e. The van der Waals surface area contributed by atoms with Gasteiger partial charge in [0.2, 0.25) is 5.91 Å². The summed E-state index contributed by atoms with van der Waals surface area (Å²) >= 11 is 0. The number of Topliss-reactive ketones (excluding diaryl/α,β-unsaturated/α-hetero) is 1. The van der Waals surface area contributed by atoms with Gasteiger partial charge in [-0.3, -0.25) is 14.5 Å². The van der Waals surface area contributed by atoms with Gasteiger partial charge in [0.05, 0.1) is 6.61 Å². The average molecular weight is 373 g/mol. The normalized spacial score (nSPS) is 19.0. The number of ether oxygens (including phenoxy) is 1. The van der Waals surface area contributed by atoms with Gasteiger partial charge in [-0.1, -0.05) is 6.92 Å². The van der Waals surface area contributed by atoms with Crippen LogP contribution in [0.25, 0.3) is 0 Å². The standard InChI is InChI=1S/C21H31N3O3/c1-16(15-22)21(26)24-12-10-23(11-13-24)9-2-14-27-19-7-5-18(6-8-19)20(25)17-3-4-17/h5-8,16-17H,2-4,9-15,22H2,1H3/t16-/m1/s1. The molecule has 0 spiro atoms. The Balaban J connectivity index is 1.31. The molecule has 1 amide bonds. The molecule has 27 heavy (non-hydrogen) atoms. The summed E-state index contributed by atoms with van der Waals surface area (Å²) in [5.41, 5.74) is 6.38. The number of carbonyl (C=O) groups is 2. The largest absolute Gasteiger partial charge is 0.494 e. The number of ketones is 1. The summed E-state index contributed by atoms with van der Waals surface area (Å²) in [6.45, 7) is 7.28. The van der Waals surface area contributed by atoms with E-state index in [0.29, 0.717) is 13.2 Å². The van der Waals surface area contributed by atoms with Crippen LogP contribution in [0, 0.1) is 11.8 Å². The molecule has 1 aromatic rings. The lowest BCUT2D eigenvalue weighted by molar-refractivity contribution is -0.136. The number of piperazine rings is 1. The van der Waals surface area contributed by atoms with Crippen LogP contribution in [-0.4, -0.2) is 67.4 Å². The zero-order valence-corrected chi connectivity index (χ0v) is 16.2. The Morgan fingerprint density at radius 2 is 1.81 bits per heavy atom.